The van der Waals surface area contributed by atoms with E-state index in [1.54, 1.807) is 18.9 Å². The lowest BCUT2D eigenvalue weighted by Crippen LogP contribution is -2.07. The summed E-state index contributed by atoms with van der Waals surface area (Å²) in [6.07, 6.45) is 0. The second-order valence-electron chi connectivity index (χ2n) is 4.04. The zero-order valence-corrected chi connectivity index (χ0v) is 12.5. The minimum absolute atomic E-state index is 0.146. The molecule has 0 fully saturated rings. The van der Waals surface area contributed by atoms with Crippen molar-refractivity contribution in [2.75, 3.05) is 30.9 Å². The molecule has 0 aliphatic rings. The molecule has 1 heterocycles. The van der Waals surface area contributed by atoms with Crippen LogP contribution in [0.4, 0.5) is 11.9 Å². The maximum atomic E-state index is 5.61. The topological polar surface area (TPSA) is 109 Å². The zero-order valence-electron chi connectivity index (χ0n) is 11.7. The van der Waals surface area contributed by atoms with Crippen LogP contribution in [0.5, 0.6) is 11.5 Å². The quantitative estimate of drug-likeness (QED) is 0.738. The van der Waals surface area contributed by atoms with E-state index >= 15 is 0 Å². The van der Waals surface area contributed by atoms with E-state index in [-0.39, 0.29) is 11.9 Å². The fourth-order valence-corrected chi connectivity index (χ4v) is 2.23. The Morgan fingerprint density at radius 1 is 1.00 bits per heavy atom. The van der Waals surface area contributed by atoms with Crippen LogP contribution in [-0.2, 0) is 5.75 Å². The molecule has 0 atom stereocenters. The summed E-state index contributed by atoms with van der Waals surface area (Å²) < 4.78 is 10.7. The average Bonchev–Trinajstić information content (AvgIpc) is 2.46. The molecule has 112 valence electrons. The van der Waals surface area contributed by atoms with Gasteiger partial charge in [-0.3, -0.25) is 0 Å². The number of anilines is 2. The number of nitrogens with zero attached hydrogens (tertiary/aromatic N) is 3. The maximum absolute atomic E-state index is 5.61. The van der Waals surface area contributed by atoms with Gasteiger partial charge in [0.1, 0.15) is 17.3 Å². The van der Waals surface area contributed by atoms with Gasteiger partial charge in [0.15, 0.2) is 0 Å². The van der Waals surface area contributed by atoms with Gasteiger partial charge in [-0.2, -0.15) is 26.7 Å². The molecule has 0 spiro atoms. The van der Waals surface area contributed by atoms with Gasteiger partial charge in [0, 0.05) is 5.75 Å². The zero-order chi connectivity index (χ0) is 15.1. The molecule has 8 heteroatoms. The van der Waals surface area contributed by atoms with Crippen LogP contribution in [0.3, 0.4) is 0 Å². The van der Waals surface area contributed by atoms with E-state index in [1.807, 2.05) is 24.3 Å². The Kier molecular flexibility index (Phi) is 5.44. The SMILES string of the molecule is COc1ccc(OCCSCc2nc(N)nc(N)n2)cc1. The van der Waals surface area contributed by atoms with Crippen molar-refractivity contribution in [3.8, 4) is 11.5 Å². The lowest BCUT2D eigenvalue weighted by Gasteiger charge is -2.07. The number of hydrogen-bond donors (Lipinski definition) is 2. The molecular weight excluding hydrogens is 290 g/mol. The maximum Gasteiger partial charge on any atom is 0.225 e. The standard InChI is InChI=1S/C13H17N5O2S/c1-19-9-2-4-10(5-3-9)20-6-7-21-8-11-16-12(14)18-13(15)17-11/h2-5H,6-8H2,1H3,(H4,14,15,16,17,18). The highest BCUT2D eigenvalue weighted by Gasteiger charge is 2.02. The molecule has 0 saturated carbocycles. The normalized spacial score (nSPS) is 10.3. The molecule has 1 aromatic carbocycles. The van der Waals surface area contributed by atoms with Crippen LogP contribution in [0.2, 0.25) is 0 Å². The van der Waals surface area contributed by atoms with E-state index in [1.165, 1.54) is 0 Å². The molecule has 0 aliphatic carbocycles. The third-order valence-electron chi connectivity index (χ3n) is 2.50. The molecule has 0 amide bonds. The molecule has 1 aromatic heterocycles. The summed E-state index contributed by atoms with van der Waals surface area (Å²) in [5, 5.41) is 0. The third kappa shape index (κ3) is 4.99. The summed E-state index contributed by atoms with van der Waals surface area (Å²) in [6.45, 7) is 0.590. The number of ether oxygens (including phenoxy) is 2. The second kappa shape index (κ2) is 7.53. The number of thioether (sulfide) groups is 1. The Balaban J connectivity index is 1.69. The number of methoxy groups -OCH3 is 1. The van der Waals surface area contributed by atoms with Gasteiger partial charge in [-0.25, -0.2) is 0 Å². The van der Waals surface area contributed by atoms with E-state index in [9.17, 15) is 0 Å². The van der Waals surface area contributed by atoms with Crippen molar-refractivity contribution in [3.63, 3.8) is 0 Å². The molecule has 0 aliphatic heterocycles. The summed E-state index contributed by atoms with van der Waals surface area (Å²) in [7, 11) is 1.63. The number of hydrogen-bond acceptors (Lipinski definition) is 8. The molecule has 0 saturated heterocycles. The largest absolute Gasteiger partial charge is 0.497 e. The summed E-state index contributed by atoms with van der Waals surface area (Å²) in [5.74, 6) is 3.90. The van der Waals surface area contributed by atoms with Gasteiger partial charge >= 0.3 is 0 Å². The van der Waals surface area contributed by atoms with Crippen molar-refractivity contribution in [1.82, 2.24) is 15.0 Å². The van der Waals surface area contributed by atoms with Gasteiger partial charge in [0.05, 0.1) is 19.5 Å². The van der Waals surface area contributed by atoms with E-state index in [0.29, 0.717) is 18.2 Å². The van der Waals surface area contributed by atoms with E-state index in [2.05, 4.69) is 15.0 Å². The van der Waals surface area contributed by atoms with Crippen LogP contribution >= 0.6 is 11.8 Å². The first-order valence-corrected chi connectivity index (χ1v) is 7.43. The lowest BCUT2D eigenvalue weighted by atomic mass is 10.3. The number of benzene rings is 1. The van der Waals surface area contributed by atoms with Crippen molar-refractivity contribution in [3.05, 3.63) is 30.1 Å². The van der Waals surface area contributed by atoms with Gasteiger partial charge in [-0.05, 0) is 24.3 Å². The Bertz CT molecular complexity index is 559. The smallest absolute Gasteiger partial charge is 0.225 e. The highest BCUT2D eigenvalue weighted by Crippen LogP contribution is 2.17. The number of nitrogens with two attached hydrogens (primary N) is 2. The van der Waals surface area contributed by atoms with Crippen LogP contribution in [0.25, 0.3) is 0 Å². The molecule has 21 heavy (non-hydrogen) atoms. The van der Waals surface area contributed by atoms with Crippen LogP contribution in [0, 0.1) is 0 Å². The van der Waals surface area contributed by atoms with Crippen molar-refractivity contribution in [2.45, 2.75) is 5.75 Å². The molecule has 4 N–H and O–H groups in total. The fourth-order valence-electron chi connectivity index (χ4n) is 1.58. The van der Waals surface area contributed by atoms with E-state index in [0.717, 1.165) is 17.3 Å². The van der Waals surface area contributed by atoms with Gasteiger partial charge in [0.25, 0.3) is 0 Å². The Labute approximate surface area is 127 Å². The van der Waals surface area contributed by atoms with Crippen molar-refractivity contribution in [1.29, 1.82) is 0 Å². The fraction of sp³-hybridized carbons (Fsp3) is 0.308. The number of aromatic nitrogens is 3. The Morgan fingerprint density at radius 3 is 2.24 bits per heavy atom. The lowest BCUT2D eigenvalue weighted by molar-refractivity contribution is 0.342. The van der Waals surface area contributed by atoms with Crippen molar-refractivity contribution < 1.29 is 9.47 Å². The van der Waals surface area contributed by atoms with E-state index < -0.39 is 0 Å². The molecule has 7 nitrogen and oxygen atoms in total. The summed E-state index contributed by atoms with van der Waals surface area (Å²) >= 11 is 1.64. The first-order valence-electron chi connectivity index (χ1n) is 6.28. The second-order valence-corrected chi connectivity index (χ2v) is 5.15. The molecular formula is C13H17N5O2S. The van der Waals surface area contributed by atoms with Crippen molar-refractivity contribution >= 4 is 23.7 Å². The molecule has 0 radical (unpaired) electrons. The highest BCUT2D eigenvalue weighted by molar-refractivity contribution is 7.98. The van der Waals surface area contributed by atoms with Crippen LogP contribution in [0.15, 0.2) is 24.3 Å². The van der Waals surface area contributed by atoms with E-state index in [4.69, 9.17) is 20.9 Å². The molecule has 2 aromatic rings. The van der Waals surface area contributed by atoms with Crippen LogP contribution in [0.1, 0.15) is 5.82 Å². The highest BCUT2D eigenvalue weighted by atomic mass is 32.2. The summed E-state index contributed by atoms with van der Waals surface area (Å²) in [4.78, 5) is 11.7. The van der Waals surface area contributed by atoms with Crippen LogP contribution < -0.4 is 20.9 Å². The van der Waals surface area contributed by atoms with Crippen LogP contribution in [-0.4, -0.2) is 34.4 Å². The molecule has 0 unspecified atom stereocenters. The average molecular weight is 307 g/mol. The van der Waals surface area contributed by atoms with Gasteiger partial charge in [-0.15, -0.1) is 0 Å². The van der Waals surface area contributed by atoms with Gasteiger partial charge < -0.3 is 20.9 Å². The Morgan fingerprint density at radius 2 is 1.62 bits per heavy atom. The summed E-state index contributed by atoms with van der Waals surface area (Å²) in [5.41, 5.74) is 11.0. The summed E-state index contributed by atoms with van der Waals surface area (Å²) in [6, 6.07) is 7.46. The first kappa shape index (κ1) is 15.2. The number of rotatable bonds is 7. The minimum Gasteiger partial charge on any atom is -0.497 e. The Hall–Kier alpha value is -2.22. The molecule has 2 rings (SSSR count). The predicted octanol–water partition coefficient (Wildman–Crippen LogP) is 1.36. The monoisotopic (exact) mass is 307 g/mol. The first-order chi connectivity index (χ1) is 10.2. The van der Waals surface area contributed by atoms with Gasteiger partial charge in [0.2, 0.25) is 11.9 Å². The number of nitrogen functional groups attached to an aromatic ring is 2. The van der Waals surface area contributed by atoms with Gasteiger partial charge in [-0.1, -0.05) is 0 Å². The predicted molar refractivity (Wildman–Crippen MR) is 83.3 cm³/mol. The molecule has 0 bridgehead atoms. The third-order valence-corrected chi connectivity index (χ3v) is 3.42. The minimum atomic E-state index is 0.146. The van der Waals surface area contributed by atoms with Crippen molar-refractivity contribution in [2.24, 2.45) is 0 Å².